The topological polar surface area (TPSA) is 66.1 Å². The van der Waals surface area contributed by atoms with Crippen LogP contribution in [0.5, 0.6) is 0 Å². The van der Waals surface area contributed by atoms with Gasteiger partial charge in [-0.05, 0) is 36.4 Å². The molecule has 0 radical (unpaired) electrons. The van der Waals surface area contributed by atoms with Gasteiger partial charge in [0.25, 0.3) is 10.0 Å². The minimum atomic E-state index is -3.86. The normalized spacial score (nSPS) is 13.5. The fourth-order valence-corrected chi connectivity index (χ4v) is 4.38. The molecule has 1 aliphatic heterocycles. The summed E-state index contributed by atoms with van der Waals surface area (Å²) in [5, 5.41) is 7.10. The van der Waals surface area contributed by atoms with E-state index in [0.29, 0.717) is 16.3 Å². The Morgan fingerprint density at radius 3 is 2.67 bits per heavy atom. The van der Waals surface area contributed by atoms with Crippen molar-refractivity contribution in [3.8, 4) is 11.3 Å². The predicted octanol–water partition coefficient (Wildman–Crippen LogP) is 3.58. The third kappa shape index (κ3) is 2.20. The molecule has 0 aliphatic carbocycles. The van der Waals surface area contributed by atoms with Crippen LogP contribution in [0.4, 0.5) is 10.1 Å². The number of benzene rings is 2. The number of aromatic nitrogens is 2. The Labute approximate surface area is 142 Å². The van der Waals surface area contributed by atoms with Crippen molar-refractivity contribution in [3.63, 3.8) is 0 Å². The van der Waals surface area contributed by atoms with Gasteiger partial charge in [0.15, 0.2) is 0 Å². The number of nitrogens with zero attached hydrogens (tertiary/aromatic N) is 2. The van der Waals surface area contributed by atoms with E-state index in [2.05, 4.69) is 10.2 Å². The highest BCUT2D eigenvalue weighted by atomic mass is 35.5. The smallest absolute Gasteiger partial charge is 0.264 e. The molecule has 2 aromatic carbocycles. The van der Waals surface area contributed by atoms with Crippen LogP contribution in [0.25, 0.3) is 11.3 Å². The molecular formula is C16H11ClFN3O2S. The number of anilines is 1. The number of fused-ring (bicyclic) bond motifs is 3. The maximum Gasteiger partial charge on any atom is 0.264 e. The van der Waals surface area contributed by atoms with Crippen molar-refractivity contribution in [1.29, 1.82) is 0 Å². The number of halogens is 2. The van der Waals surface area contributed by atoms with Gasteiger partial charge < -0.3 is 0 Å². The van der Waals surface area contributed by atoms with Gasteiger partial charge in [0.05, 0.1) is 34.6 Å². The fourth-order valence-electron chi connectivity index (χ4n) is 2.80. The Bertz CT molecular complexity index is 1030. The lowest BCUT2D eigenvalue weighted by molar-refractivity contribution is 0.589. The molecule has 0 atom stereocenters. The summed E-state index contributed by atoms with van der Waals surface area (Å²) in [6.07, 6.45) is 1.51. The van der Waals surface area contributed by atoms with E-state index in [-0.39, 0.29) is 22.7 Å². The second kappa shape index (κ2) is 5.32. The van der Waals surface area contributed by atoms with E-state index < -0.39 is 15.8 Å². The average Bonchev–Trinajstić information content (AvgIpc) is 3.03. The lowest BCUT2D eigenvalue weighted by Gasteiger charge is -2.30. The first-order valence-corrected chi connectivity index (χ1v) is 8.90. The Balaban J connectivity index is 1.92. The Morgan fingerprint density at radius 2 is 1.92 bits per heavy atom. The van der Waals surface area contributed by atoms with Crippen molar-refractivity contribution in [2.75, 3.05) is 4.31 Å². The van der Waals surface area contributed by atoms with Gasteiger partial charge in [-0.2, -0.15) is 5.10 Å². The minimum absolute atomic E-state index is 0.0766. The van der Waals surface area contributed by atoms with Crippen molar-refractivity contribution >= 4 is 27.3 Å². The molecule has 0 spiro atoms. The predicted molar refractivity (Wildman–Crippen MR) is 88.8 cm³/mol. The summed E-state index contributed by atoms with van der Waals surface area (Å²) in [5.41, 5.74) is 1.60. The van der Waals surface area contributed by atoms with Crippen molar-refractivity contribution in [3.05, 3.63) is 65.1 Å². The molecular weight excluding hydrogens is 353 g/mol. The second-order valence-corrected chi connectivity index (χ2v) is 7.67. The zero-order chi connectivity index (χ0) is 16.9. The molecule has 0 saturated carbocycles. The van der Waals surface area contributed by atoms with E-state index >= 15 is 0 Å². The Kier molecular flexibility index (Phi) is 3.36. The zero-order valence-corrected chi connectivity index (χ0v) is 13.8. The third-order valence-corrected chi connectivity index (χ3v) is 5.97. The van der Waals surface area contributed by atoms with Crippen LogP contribution < -0.4 is 4.31 Å². The average molecular weight is 364 g/mol. The number of sulfonamides is 1. The summed E-state index contributed by atoms with van der Waals surface area (Å²) in [4.78, 5) is 0.0917. The fraction of sp³-hybridized carbons (Fsp3) is 0.0625. The number of rotatable bonds is 2. The molecule has 122 valence electrons. The molecule has 0 bridgehead atoms. The summed E-state index contributed by atoms with van der Waals surface area (Å²) in [5.74, 6) is -0.506. The largest absolute Gasteiger partial charge is 0.277 e. The van der Waals surface area contributed by atoms with Crippen molar-refractivity contribution in [2.45, 2.75) is 11.4 Å². The van der Waals surface area contributed by atoms with Gasteiger partial charge in [0, 0.05) is 10.6 Å². The molecule has 0 unspecified atom stereocenters. The van der Waals surface area contributed by atoms with Crippen LogP contribution >= 0.6 is 11.6 Å². The highest BCUT2D eigenvalue weighted by Gasteiger charge is 2.34. The van der Waals surface area contributed by atoms with E-state index in [9.17, 15) is 12.8 Å². The first-order valence-electron chi connectivity index (χ1n) is 7.08. The van der Waals surface area contributed by atoms with E-state index in [4.69, 9.17) is 11.6 Å². The molecule has 1 N–H and O–H groups in total. The summed E-state index contributed by atoms with van der Waals surface area (Å²) < 4.78 is 41.6. The standard InChI is InChI=1S/C16H11ClFN3O2S/c17-11-4-6-12(7-5-11)24(22,23)21-9-10-8-19-20-16(10)15-13(18)2-1-3-14(15)21/h1-8H,9H2,(H,19,20). The van der Waals surface area contributed by atoms with Crippen LogP contribution in [0, 0.1) is 5.82 Å². The number of aromatic amines is 1. The van der Waals surface area contributed by atoms with Crippen LogP contribution in [0.1, 0.15) is 5.56 Å². The lowest BCUT2D eigenvalue weighted by atomic mass is 10.0. The SMILES string of the molecule is O=S(=O)(c1ccc(Cl)cc1)N1Cc2cn[nH]c2-c2c(F)cccc21. The maximum atomic E-state index is 14.4. The maximum absolute atomic E-state index is 14.4. The van der Waals surface area contributed by atoms with Crippen LogP contribution in [0.3, 0.4) is 0 Å². The first kappa shape index (κ1) is 15.2. The summed E-state index contributed by atoms with van der Waals surface area (Å²) in [6, 6.07) is 10.2. The van der Waals surface area contributed by atoms with Crippen molar-refractivity contribution in [2.24, 2.45) is 0 Å². The van der Waals surface area contributed by atoms with Crippen LogP contribution in [-0.2, 0) is 16.6 Å². The van der Waals surface area contributed by atoms with Crippen molar-refractivity contribution in [1.82, 2.24) is 10.2 Å². The van der Waals surface area contributed by atoms with Gasteiger partial charge in [0.1, 0.15) is 5.82 Å². The molecule has 0 saturated heterocycles. The summed E-state index contributed by atoms with van der Waals surface area (Å²) in [6.45, 7) is 0.0766. The Hall–Kier alpha value is -2.38. The molecule has 24 heavy (non-hydrogen) atoms. The highest BCUT2D eigenvalue weighted by Crippen LogP contribution is 2.41. The van der Waals surface area contributed by atoms with E-state index in [1.165, 1.54) is 46.9 Å². The molecule has 2 heterocycles. The van der Waals surface area contributed by atoms with E-state index in [0.717, 1.165) is 0 Å². The number of nitrogens with one attached hydrogen (secondary N) is 1. The van der Waals surface area contributed by atoms with Crippen molar-refractivity contribution < 1.29 is 12.8 Å². The van der Waals surface area contributed by atoms with E-state index in [1.54, 1.807) is 6.07 Å². The lowest BCUT2D eigenvalue weighted by Crippen LogP contribution is -2.33. The molecule has 4 rings (SSSR count). The molecule has 0 fully saturated rings. The quantitative estimate of drug-likeness (QED) is 0.756. The minimum Gasteiger partial charge on any atom is -0.277 e. The Morgan fingerprint density at radius 1 is 1.17 bits per heavy atom. The van der Waals surface area contributed by atoms with Crippen LogP contribution in [0.2, 0.25) is 5.02 Å². The second-order valence-electron chi connectivity index (χ2n) is 5.37. The van der Waals surface area contributed by atoms with Crippen LogP contribution in [0.15, 0.2) is 53.6 Å². The van der Waals surface area contributed by atoms with Gasteiger partial charge in [-0.15, -0.1) is 0 Å². The van der Waals surface area contributed by atoms with Gasteiger partial charge in [-0.25, -0.2) is 12.8 Å². The van der Waals surface area contributed by atoms with Gasteiger partial charge in [-0.1, -0.05) is 17.7 Å². The monoisotopic (exact) mass is 363 g/mol. The number of hydrogen-bond acceptors (Lipinski definition) is 3. The first-order chi connectivity index (χ1) is 11.5. The van der Waals surface area contributed by atoms with Crippen LogP contribution in [-0.4, -0.2) is 18.6 Å². The third-order valence-electron chi connectivity index (χ3n) is 3.94. The molecule has 3 aromatic rings. The summed E-state index contributed by atoms with van der Waals surface area (Å²) in [7, 11) is -3.86. The molecule has 8 heteroatoms. The van der Waals surface area contributed by atoms with Gasteiger partial charge in [0.2, 0.25) is 0 Å². The van der Waals surface area contributed by atoms with Gasteiger partial charge in [-0.3, -0.25) is 9.40 Å². The zero-order valence-electron chi connectivity index (χ0n) is 12.2. The molecule has 1 aromatic heterocycles. The summed E-state index contributed by atoms with van der Waals surface area (Å²) >= 11 is 5.83. The number of H-pyrrole nitrogens is 1. The van der Waals surface area contributed by atoms with Gasteiger partial charge >= 0.3 is 0 Å². The number of hydrogen-bond donors (Lipinski definition) is 1. The van der Waals surface area contributed by atoms with E-state index in [1.807, 2.05) is 0 Å². The highest BCUT2D eigenvalue weighted by molar-refractivity contribution is 7.92. The molecule has 0 amide bonds. The molecule has 5 nitrogen and oxygen atoms in total. The molecule has 1 aliphatic rings.